The molecule has 0 spiro atoms. The van der Waals surface area contributed by atoms with Gasteiger partial charge in [-0.1, -0.05) is 17.7 Å². The molecule has 0 aromatic heterocycles. The van der Waals surface area contributed by atoms with E-state index in [1.54, 1.807) is 0 Å². The Morgan fingerprint density at radius 3 is 3.05 bits per heavy atom. The smallest absolute Gasteiger partial charge is 0.0408 e. The summed E-state index contributed by atoms with van der Waals surface area (Å²) >= 11 is 6.11. The van der Waals surface area contributed by atoms with Crippen LogP contribution in [0.2, 0.25) is 5.02 Å². The lowest BCUT2D eigenvalue weighted by Gasteiger charge is -2.25. The van der Waals surface area contributed by atoms with Crippen LogP contribution in [0.3, 0.4) is 0 Å². The summed E-state index contributed by atoms with van der Waals surface area (Å²) in [6, 6.07) is 7.85. The van der Waals surface area contributed by atoms with Gasteiger partial charge in [0.05, 0.1) is 0 Å². The van der Waals surface area contributed by atoms with Gasteiger partial charge in [-0.15, -0.1) is 0 Å². The Balaban J connectivity index is 1.56. The predicted octanol–water partition coefficient (Wildman–Crippen LogP) is 3.01. The summed E-state index contributed by atoms with van der Waals surface area (Å²) in [6.45, 7) is 3.73. The molecule has 19 heavy (non-hydrogen) atoms. The second-order valence-electron chi connectivity index (χ2n) is 6.31. The Hall–Kier alpha value is -0.570. The van der Waals surface area contributed by atoms with E-state index < -0.39 is 0 Å². The third-order valence-electron chi connectivity index (χ3n) is 5.22. The van der Waals surface area contributed by atoms with Crippen molar-refractivity contribution >= 4 is 11.6 Å². The maximum Gasteiger partial charge on any atom is 0.0408 e. The third kappa shape index (κ3) is 2.10. The van der Waals surface area contributed by atoms with Crippen molar-refractivity contribution in [1.29, 1.82) is 0 Å². The topological polar surface area (TPSA) is 15.3 Å². The summed E-state index contributed by atoms with van der Waals surface area (Å²) in [7, 11) is 0. The average Bonchev–Trinajstić information content (AvgIpc) is 3.00. The second kappa shape index (κ2) is 4.76. The van der Waals surface area contributed by atoms with E-state index in [1.165, 1.54) is 56.4 Å². The molecule has 1 aromatic carbocycles. The minimum Gasteiger partial charge on any atom is -0.312 e. The van der Waals surface area contributed by atoms with Gasteiger partial charge in [-0.25, -0.2) is 0 Å². The number of piperidine rings is 1. The van der Waals surface area contributed by atoms with Gasteiger partial charge >= 0.3 is 0 Å². The van der Waals surface area contributed by atoms with Crippen molar-refractivity contribution in [3.05, 3.63) is 34.3 Å². The normalized spacial score (nSPS) is 34.3. The molecule has 3 atom stereocenters. The highest BCUT2D eigenvalue weighted by Crippen LogP contribution is 2.40. The molecule has 0 amide bonds. The molecule has 4 rings (SSSR count). The molecule has 3 aliphatic rings. The number of fused-ring (bicyclic) bond motifs is 2. The van der Waals surface area contributed by atoms with Crippen LogP contribution in [-0.2, 0) is 6.42 Å². The number of likely N-dealkylation sites (tertiary alicyclic amines) is 1. The van der Waals surface area contributed by atoms with Crippen molar-refractivity contribution in [1.82, 2.24) is 10.2 Å². The number of rotatable bonds is 1. The number of nitrogens with zero attached hydrogens (tertiary/aromatic N) is 1. The van der Waals surface area contributed by atoms with Crippen molar-refractivity contribution < 1.29 is 0 Å². The standard InChI is InChI=1S/C16H21ClN2/c17-13-4-5-14-11(8-13)3-6-16(14)19-9-12-2-1-7-18-15(12)10-19/h4-5,8,12,15-16,18H,1-3,6-7,9-10H2. The van der Waals surface area contributed by atoms with E-state index in [4.69, 9.17) is 11.6 Å². The van der Waals surface area contributed by atoms with E-state index in [1.807, 2.05) is 0 Å². The molecule has 0 radical (unpaired) electrons. The summed E-state index contributed by atoms with van der Waals surface area (Å²) in [5.74, 6) is 0.880. The number of nitrogens with one attached hydrogen (secondary N) is 1. The molecule has 2 fully saturated rings. The van der Waals surface area contributed by atoms with Crippen molar-refractivity contribution in [2.75, 3.05) is 19.6 Å². The van der Waals surface area contributed by atoms with Crippen molar-refractivity contribution in [2.45, 2.75) is 37.8 Å². The first kappa shape index (κ1) is 12.2. The first-order valence-electron chi connectivity index (χ1n) is 7.57. The van der Waals surface area contributed by atoms with Crippen LogP contribution in [-0.4, -0.2) is 30.6 Å². The summed E-state index contributed by atoms with van der Waals surface area (Å²) in [5, 5.41) is 4.59. The quantitative estimate of drug-likeness (QED) is 0.848. The summed E-state index contributed by atoms with van der Waals surface area (Å²) < 4.78 is 0. The fourth-order valence-electron chi connectivity index (χ4n) is 4.28. The van der Waals surface area contributed by atoms with Crippen LogP contribution in [0.15, 0.2) is 18.2 Å². The fourth-order valence-corrected chi connectivity index (χ4v) is 4.47. The van der Waals surface area contributed by atoms with E-state index in [-0.39, 0.29) is 0 Å². The van der Waals surface area contributed by atoms with Crippen molar-refractivity contribution in [3.8, 4) is 0 Å². The Kier molecular flexibility index (Phi) is 3.06. The minimum atomic E-state index is 0.639. The number of halogens is 1. The van der Waals surface area contributed by atoms with Crippen LogP contribution in [0, 0.1) is 5.92 Å². The lowest BCUT2D eigenvalue weighted by atomic mass is 9.94. The highest BCUT2D eigenvalue weighted by Gasteiger charge is 2.39. The molecule has 3 heteroatoms. The zero-order chi connectivity index (χ0) is 12.8. The molecular weight excluding hydrogens is 256 g/mol. The monoisotopic (exact) mass is 276 g/mol. The summed E-state index contributed by atoms with van der Waals surface area (Å²) in [6.07, 6.45) is 5.23. The number of aryl methyl sites for hydroxylation is 1. The molecule has 1 aliphatic carbocycles. The van der Waals surface area contributed by atoms with Crippen LogP contribution in [0.4, 0.5) is 0 Å². The zero-order valence-electron chi connectivity index (χ0n) is 11.2. The van der Waals surface area contributed by atoms with E-state index in [9.17, 15) is 0 Å². The van der Waals surface area contributed by atoms with Gasteiger partial charge in [-0.2, -0.15) is 0 Å². The summed E-state index contributed by atoms with van der Waals surface area (Å²) in [4.78, 5) is 2.72. The molecule has 1 N–H and O–H groups in total. The van der Waals surface area contributed by atoms with Crippen molar-refractivity contribution in [3.63, 3.8) is 0 Å². The lowest BCUT2D eigenvalue weighted by Crippen LogP contribution is -2.40. The first-order chi connectivity index (χ1) is 9.31. The predicted molar refractivity (Wildman–Crippen MR) is 78.6 cm³/mol. The van der Waals surface area contributed by atoms with Crippen LogP contribution < -0.4 is 5.32 Å². The Morgan fingerprint density at radius 2 is 2.16 bits per heavy atom. The molecule has 2 aliphatic heterocycles. The van der Waals surface area contributed by atoms with Gasteiger partial charge < -0.3 is 5.32 Å². The van der Waals surface area contributed by atoms with Gasteiger partial charge in [-0.05, 0) is 61.4 Å². The molecule has 1 aromatic rings. The van der Waals surface area contributed by atoms with Crippen LogP contribution in [0.1, 0.15) is 36.4 Å². The maximum atomic E-state index is 6.11. The highest BCUT2D eigenvalue weighted by molar-refractivity contribution is 6.30. The fraction of sp³-hybridized carbons (Fsp3) is 0.625. The number of hydrogen-bond acceptors (Lipinski definition) is 2. The molecule has 0 bridgehead atoms. The van der Waals surface area contributed by atoms with E-state index >= 15 is 0 Å². The number of hydrogen-bond donors (Lipinski definition) is 1. The van der Waals surface area contributed by atoms with E-state index in [0.29, 0.717) is 6.04 Å². The average molecular weight is 277 g/mol. The molecule has 2 saturated heterocycles. The SMILES string of the molecule is Clc1ccc2c(c1)CCC2N1CC2CCCNC2C1. The second-order valence-corrected chi connectivity index (χ2v) is 6.75. The van der Waals surface area contributed by atoms with Crippen LogP contribution in [0.25, 0.3) is 0 Å². The van der Waals surface area contributed by atoms with Gasteiger partial charge in [0.25, 0.3) is 0 Å². The van der Waals surface area contributed by atoms with Crippen molar-refractivity contribution in [2.24, 2.45) is 5.92 Å². The van der Waals surface area contributed by atoms with E-state index in [0.717, 1.165) is 17.0 Å². The van der Waals surface area contributed by atoms with Gasteiger partial charge in [0.2, 0.25) is 0 Å². The largest absolute Gasteiger partial charge is 0.312 e. The Morgan fingerprint density at radius 1 is 1.21 bits per heavy atom. The van der Waals surface area contributed by atoms with Gasteiger partial charge in [-0.3, -0.25) is 4.90 Å². The van der Waals surface area contributed by atoms with Gasteiger partial charge in [0.15, 0.2) is 0 Å². The molecule has 2 heterocycles. The molecular formula is C16H21ClN2. The zero-order valence-corrected chi connectivity index (χ0v) is 12.0. The first-order valence-corrected chi connectivity index (χ1v) is 7.95. The summed E-state index contributed by atoms with van der Waals surface area (Å²) in [5.41, 5.74) is 3.00. The maximum absolute atomic E-state index is 6.11. The lowest BCUT2D eigenvalue weighted by molar-refractivity contribution is 0.234. The molecule has 102 valence electrons. The van der Waals surface area contributed by atoms with Crippen LogP contribution >= 0.6 is 11.6 Å². The highest BCUT2D eigenvalue weighted by atomic mass is 35.5. The minimum absolute atomic E-state index is 0.639. The third-order valence-corrected chi connectivity index (χ3v) is 5.45. The number of benzene rings is 1. The Labute approximate surface area is 120 Å². The van der Waals surface area contributed by atoms with E-state index in [2.05, 4.69) is 28.4 Å². The molecule has 0 saturated carbocycles. The van der Waals surface area contributed by atoms with Gasteiger partial charge in [0.1, 0.15) is 0 Å². The Bertz CT molecular complexity index is 474. The molecule has 2 nitrogen and oxygen atoms in total. The van der Waals surface area contributed by atoms with Gasteiger partial charge in [0, 0.05) is 30.2 Å². The molecule has 3 unspecified atom stereocenters. The van der Waals surface area contributed by atoms with Crippen LogP contribution in [0.5, 0.6) is 0 Å².